The van der Waals surface area contributed by atoms with E-state index in [4.69, 9.17) is 4.74 Å². The Balaban J connectivity index is 1.91. The molecule has 0 radical (unpaired) electrons. The van der Waals surface area contributed by atoms with Crippen LogP contribution in [-0.2, 0) is 16.0 Å². The van der Waals surface area contributed by atoms with Crippen molar-refractivity contribution >= 4 is 28.8 Å². The second kappa shape index (κ2) is 10.7. The van der Waals surface area contributed by atoms with Crippen LogP contribution in [0.15, 0.2) is 78.4 Å². The lowest BCUT2D eigenvalue weighted by atomic mass is 9.94. The number of para-hydroxylation sites is 2. The van der Waals surface area contributed by atoms with Gasteiger partial charge in [0.1, 0.15) is 11.5 Å². The Morgan fingerprint density at radius 1 is 0.944 bits per heavy atom. The van der Waals surface area contributed by atoms with Crippen molar-refractivity contribution in [3.05, 3.63) is 95.1 Å². The Morgan fingerprint density at radius 3 is 2.22 bits per heavy atom. The summed E-state index contributed by atoms with van der Waals surface area (Å²) in [6.07, 6.45) is 1.66. The maximum Gasteiger partial charge on any atom is 0.300 e. The fraction of sp³-hybridized carbons (Fsp3) is 0.267. The smallest absolute Gasteiger partial charge is 0.300 e. The highest BCUT2D eigenvalue weighted by Gasteiger charge is 2.47. The number of carbonyl (C=O) groups is 2. The second-order valence-electron chi connectivity index (χ2n) is 9.02. The molecule has 0 bridgehead atoms. The fourth-order valence-electron chi connectivity index (χ4n) is 4.40. The van der Waals surface area contributed by atoms with Crippen molar-refractivity contribution in [2.45, 2.75) is 32.7 Å². The van der Waals surface area contributed by atoms with Crippen LogP contribution < -0.4 is 14.5 Å². The van der Waals surface area contributed by atoms with E-state index in [1.165, 1.54) is 4.90 Å². The molecule has 1 unspecified atom stereocenters. The van der Waals surface area contributed by atoms with E-state index in [-0.39, 0.29) is 11.3 Å². The largest absolute Gasteiger partial charge is 0.507 e. The van der Waals surface area contributed by atoms with Crippen molar-refractivity contribution in [3.63, 3.8) is 0 Å². The third kappa shape index (κ3) is 4.71. The van der Waals surface area contributed by atoms with Crippen LogP contribution in [0.1, 0.15) is 43.0 Å². The first-order valence-electron chi connectivity index (χ1n) is 12.3. The number of aliphatic hydroxyl groups is 1. The molecule has 4 rings (SSSR count). The van der Waals surface area contributed by atoms with Crippen molar-refractivity contribution in [2.24, 2.45) is 0 Å². The van der Waals surface area contributed by atoms with Gasteiger partial charge in [0.25, 0.3) is 11.7 Å². The minimum Gasteiger partial charge on any atom is -0.507 e. The molecule has 1 amide bonds. The quantitative estimate of drug-likeness (QED) is 0.251. The first kappa shape index (κ1) is 25.0. The molecule has 6 heteroatoms. The van der Waals surface area contributed by atoms with Gasteiger partial charge in [-0.1, -0.05) is 62.4 Å². The molecule has 1 atom stereocenters. The van der Waals surface area contributed by atoms with Crippen LogP contribution in [0, 0.1) is 0 Å². The fourth-order valence-corrected chi connectivity index (χ4v) is 4.40. The average molecular weight is 485 g/mol. The van der Waals surface area contributed by atoms with E-state index in [1.54, 1.807) is 24.3 Å². The molecular formula is C30H32N2O4. The summed E-state index contributed by atoms with van der Waals surface area (Å²) in [7, 11) is 3.89. The molecule has 3 aromatic rings. The predicted octanol–water partition coefficient (Wildman–Crippen LogP) is 5.73. The zero-order valence-corrected chi connectivity index (χ0v) is 21.2. The SMILES string of the molecule is CCCOc1ccccc1N1C(=O)C(=O)/C(=C(\O)c2ccc(CC)cc2)C1c1ccc(N(C)C)cc1. The Labute approximate surface area is 212 Å². The molecule has 1 fully saturated rings. The monoisotopic (exact) mass is 484 g/mol. The van der Waals surface area contributed by atoms with Gasteiger partial charge in [0.05, 0.1) is 23.9 Å². The Morgan fingerprint density at radius 2 is 1.61 bits per heavy atom. The van der Waals surface area contributed by atoms with Gasteiger partial charge in [-0.2, -0.15) is 0 Å². The van der Waals surface area contributed by atoms with Gasteiger partial charge >= 0.3 is 0 Å². The third-order valence-corrected chi connectivity index (χ3v) is 6.39. The maximum atomic E-state index is 13.5. The number of aliphatic hydroxyl groups excluding tert-OH is 1. The molecule has 3 aromatic carbocycles. The third-order valence-electron chi connectivity index (χ3n) is 6.39. The number of anilines is 2. The summed E-state index contributed by atoms with van der Waals surface area (Å²) >= 11 is 0. The molecule has 0 saturated carbocycles. The van der Waals surface area contributed by atoms with Crippen LogP contribution in [-0.4, -0.2) is 37.5 Å². The maximum absolute atomic E-state index is 13.5. The zero-order chi connectivity index (χ0) is 25.8. The van der Waals surface area contributed by atoms with E-state index in [9.17, 15) is 14.7 Å². The van der Waals surface area contributed by atoms with E-state index in [0.29, 0.717) is 23.6 Å². The highest BCUT2D eigenvalue weighted by atomic mass is 16.5. The molecule has 0 aromatic heterocycles. The summed E-state index contributed by atoms with van der Waals surface area (Å²) < 4.78 is 5.93. The topological polar surface area (TPSA) is 70.1 Å². The van der Waals surface area contributed by atoms with Crippen LogP contribution in [0.2, 0.25) is 0 Å². The lowest BCUT2D eigenvalue weighted by molar-refractivity contribution is -0.132. The van der Waals surface area contributed by atoms with Gasteiger partial charge in [-0.3, -0.25) is 14.5 Å². The van der Waals surface area contributed by atoms with E-state index >= 15 is 0 Å². The molecule has 0 aliphatic carbocycles. The molecule has 6 nitrogen and oxygen atoms in total. The number of hydrogen-bond donors (Lipinski definition) is 1. The minimum atomic E-state index is -0.807. The van der Waals surface area contributed by atoms with E-state index < -0.39 is 17.7 Å². The van der Waals surface area contributed by atoms with E-state index in [2.05, 4.69) is 6.92 Å². The number of ketones is 1. The number of aryl methyl sites for hydroxylation is 1. The summed E-state index contributed by atoms with van der Waals surface area (Å²) in [6.45, 7) is 4.54. The number of benzene rings is 3. The van der Waals surface area contributed by atoms with Crippen LogP contribution in [0.5, 0.6) is 5.75 Å². The summed E-state index contributed by atoms with van der Waals surface area (Å²) in [5.74, 6) is -1.09. The molecular weight excluding hydrogens is 452 g/mol. The molecule has 0 spiro atoms. The van der Waals surface area contributed by atoms with Crippen LogP contribution in [0.25, 0.3) is 5.76 Å². The van der Waals surface area contributed by atoms with Crippen molar-refractivity contribution in [2.75, 3.05) is 30.5 Å². The standard InChI is InChI=1S/C30H32N2O4/c1-5-19-36-25-10-8-7-9-24(25)32-27(21-15-17-23(18-16-21)31(3)4)26(29(34)30(32)35)28(33)22-13-11-20(6-2)12-14-22/h7-18,27,33H,5-6,19H2,1-4H3/b28-26-. The minimum absolute atomic E-state index is 0.0622. The van der Waals surface area contributed by atoms with Gasteiger partial charge in [-0.15, -0.1) is 0 Å². The van der Waals surface area contributed by atoms with Gasteiger partial charge < -0.3 is 14.7 Å². The van der Waals surface area contributed by atoms with Gasteiger partial charge in [0.2, 0.25) is 0 Å². The van der Waals surface area contributed by atoms with Crippen LogP contribution >= 0.6 is 0 Å². The second-order valence-corrected chi connectivity index (χ2v) is 9.02. The molecule has 36 heavy (non-hydrogen) atoms. The van der Waals surface area contributed by atoms with Crippen molar-refractivity contribution in [3.8, 4) is 5.75 Å². The van der Waals surface area contributed by atoms with E-state index in [0.717, 1.165) is 29.7 Å². The van der Waals surface area contributed by atoms with Crippen molar-refractivity contribution in [1.82, 2.24) is 0 Å². The Bertz CT molecular complexity index is 1280. The number of hydrogen-bond acceptors (Lipinski definition) is 5. The summed E-state index contributed by atoms with van der Waals surface area (Å²) in [5.41, 5.74) is 3.87. The van der Waals surface area contributed by atoms with Crippen molar-refractivity contribution < 1.29 is 19.4 Å². The lowest BCUT2D eigenvalue weighted by Crippen LogP contribution is -2.30. The highest BCUT2D eigenvalue weighted by molar-refractivity contribution is 6.51. The number of rotatable bonds is 8. The van der Waals surface area contributed by atoms with Gasteiger partial charge in [0.15, 0.2) is 0 Å². The summed E-state index contributed by atoms with van der Waals surface area (Å²) in [6, 6.07) is 21.5. The van der Waals surface area contributed by atoms with Crippen LogP contribution in [0.3, 0.4) is 0 Å². The van der Waals surface area contributed by atoms with Gasteiger partial charge in [0, 0.05) is 25.3 Å². The number of Topliss-reactive ketones (excluding diaryl/α,β-unsaturated/α-hetero) is 1. The van der Waals surface area contributed by atoms with Gasteiger partial charge in [-0.05, 0) is 48.2 Å². The molecule has 1 saturated heterocycles. The first-order valence-corrected chi connectivity index (χ1v) is 12.3. The Hall–Kier alpha value is -4.06. The number of ether oxygens (including phenoxy) is 1. The van der Waals surface area contributed by atoms with Crippen LogP contribution in [0.4, 0.5) is 11.4 Å². The lowest BCUT2D eigenvalue weighted by Gasteiger charge is -2.27. The first-order chi connectivity index (χ1) is 17.4. The number of carbonyl (C=O) groups excluding carboxylic acids is 2. The Kier molecular flexibility index (Phi) is 7.44. The van der Waals surface area contributed by atoms with E-state index in [1.807, 2.05) is 74.4 Å². The molecule has 186 valence electrons. The molecule has 1 aliphatic heterocycles. The predicted molar refractivity (Wildman–Crippen MR) is 144 cm³/mol. The summed E-state index contributed by atoms with van der Waals surface area (Å²) in [4.78, 5) is 30.4. The zero-order valence-electron chi connectivity index (χ0n) is 21.2. The average Bonchev–Trinajstić information content (AvgIpc) is 3.17. The molecule has 1 aliphatic rings. The van der Waals surface area contributed by atoms with Gasteiger partial charge in [-0.25, -0.2) is 0 Å². The molecule has 1 heterocycles. The molecule has 1 N–H and O–H groups in total. The summed E-state index contributed by atoms with van der Waals surface area (Å²) in [5, 5.41) is 11.4. The normalized spacial score (nSPS) is 16.9. The van der Waals surface area contributed by atoms with Crippen molar-refractivity contribution in [1.29, 1.82) is 0 Å². The highest BCUT2D eigenvalue weighted by Crippen LogP contribution is 2.45. The number of amides is 1. The number of nitrogens with zero attached hydrogens (tertiary/aromatic N) is 2.